The Bertz CT molecular complexity index is 3820. The number of furan rings is 1. The Morgan fingerprint density at radius 1 is 0.476 bits per heavy atom. The molecule has 0 saturated carbocycles. The van der Waals surface area contributed by atoms with Gasteiger partial charge in [-0.1, -0.05) is 164 Å². The fraction of sp³-hybridized carbons (Fsp3) is 0.0345. The molecule has 63 heavy (non-hydrogen) atoms. The molecule has 0 fully saturated rings. The Labute approximate surface area is 363 Å². The summed E-state index contributed by atoms with van der Waals surface area (Å²) in [6.07, 6.45) is 0. The Balaban J connectivity index is 1.11. The molecule has 0 bridgehead atoms. The number of benzene rings is 10. The summed E-state index contributed by atoms with van der Waals surface area (Å²) in [5.74, 6) is 1.44. The number of amidine groups is 2. The van der Waals surface area contributed by atoms with Gasteiger partial charge in [-0.15, -0.1) is 0 Å². The van der Waals surface area contributed by atoms with E-state index in [1.165, 1.54) is 37.7 Å². The molecular formula is C58H40N4O. The lowest BCUT2D eigenvalue weighted by atomic mass is 10.0. The highest BCUT2D eigenvalue weighted by molar-refractivity contribution is 6.21. The van der Waals surface area contributed by atoms with Crippen molar-refractivity contribution in [2.75, 3.05) is 7.05 Å². The summed E-state index contributed by atoms with van der Waals surface area (Å²) in [4.78, 5) is 10.4. The molecule has 1 N–H and O–H groups in total. The van der Waals surface area contributed by atoms with Gasteiger partial charge in [-0.05, 0) is 80.5 Å². The lowest BCUT2D eigenvalue weighted by Gasteiger charge is -2.17. The van der Waals surface area contributed by atoms with Crippen molar-refractivity contribution in [1.82, 2.24) is 9.88 Å². The molecule has 0 spiro atoms. The molecule has 2 aromatic heterocycles. The van der Waals surface area contributed by atoms with Gasteiger partial charge >= 0.3 is 0 Å². The number of hydrogen-bond acceptors (Lipinski definition) is 3. The fourth-order valence-corrected chi connectivity index (χ4v) is 9.45. The first kappa shape index (κ1) is 36.6. The second-order valence-corrected chi connectivity index (χ2v) is 16.1. The molecule has 0 saturated heterocycles. The summed E-state index contributed by atoms with van der Waals surface area (Å²) in [6, 6.07) is 73.3. The lowest BCUT2D eigenvalue weighted by molar-refractivity contribution is 0.662. The average molecular weight is 809 g/mol. The van der Waals surface area contributed by atoms with Crippen LogP contribution in [0.4, 0.5) is 0 Å². The first-order valence-corrected chi connectivity index (χ1v) is 21.4. The van der Waals surface area contributed by atoms with Crippen molar-refractivity contribution in [1.29, 1.82) is 0 Å². The lowest BCUT2D eigenvalue weighted by Crippen LogP contribution is -2.32. The van der Waals surface area contributed by atoms with Gasteiger partial charge in [0.25, 0.3) is 0 Å². The predicted octanol–water partition coefficient (Wildman–Crippen LogP) is 14.4. The standard InChI is InChI=1S/C58H40N4O/c1-59-57(45-27-26-38-16-5-6-18-40(38)33-45)61-58(44-22-13-21-41(32-44)37-14-3-2-4-15-37)60-36-51-52(31-30-49-47-24-11-12-25-54(47)63-56(49)51)62-53-35-43-20-8-7-19-42(43)34-50(53)48-29-28-39-17-9-10-23-46(39)55(48)62/h2-35H,36H2,1H3,(H,59,60,61). The van der Waals surface area contributed by atoms with Gasteiger partial charge in [0.05, 0.1) is 23.3 Å². The van der Waals surface area contributed by atoms with E-state index in [9.17, 15) is 0 Å². The van der Waals surface area contributed by atoms with E-state index in [-0.39, 0.29) is 0 Å². The van der Waals surface area contributed by atoms with Gasteiger partial charge < -0.3 is 14.3 Å². The van der Waals surface area contributed by atoms with E-state index in [4.69, 9.17) is 14.4 Å². The second kappa shape index (κ2) is 15.0. The third-order valence-corrected chi connectivity index (χ3v) is 12.5. The fourth-order valence-electron chi connectivity index (χ4n) is 9.45. The zero-order valence-corrected chi connectivity index (χ0v) is 34.6. The van der Waals surface area contributed by atoms with Gasteiger partial charge in [-0.25, -0.2) is 0 Å². The van der Waals surface area contributed by atoms with Crippen LogP contribution in [0.2, 0.25) is 0 Å². The van der Waals surface area contributed by atoms with Crippen molar-refractivity contribution >= 4 is 87.7 Å². The average Bonchev–Trinajstić information content (AvgIpc) is 3.89. The summed E-state index contributed by atoms with van der Waals surface area (Å²) in [5.41, 5.74) is 10.1. The SMILES string of the molecule is CN=C(NC(=NCc1c(-n2c3cc4ccccc4cc3c3ccc4ccccc4c32)ccc2c1oc1ccccc12)c1cccc(-c2ccccc2)c1)c1ccc2ccccc2c1. The molecule has 298 valence electrons. The first-order chi connectivity index (χ1) is 31.2. The molecule has 12 aromatic rings. The molecule has 0 aliphatic rings. The molecule has 2 heterocycles. The number of fused-ring (bicyclic) bond motifs is 10. The van der Waals surface area contributed by atoms with Gasteiger partial charge in [0, 0.05) is 50.7 Å². The normalized spacial score (nSPS) is 12.5. The summed E-state index contributed by atoms with van der Waals surface area (Å²) >= 11 is 0. The molecule has 0 aliphatic carbocycles. The molecule has 0 atom stereocenters. The molecule has 0 unspecified atom stereocenters. The van der Waals surface area contributed by atoms with Crippen molar-refractivity contribution in [2.24, 2.45) is 9.98 Å². The van der Waals surface area contributed by atoms with E-state index in [1.54, 1.807) is 0 Å². The van der Waals surface area contributed by atoms with Crippen LogP contribution in [0, 0.1) is 0 Å². The molecule has 0 aliphatic heterocycles. The highest BCUT2D eigenvalue weighted by atomic mass is 16.3. The van der Waals surface area contributed by atoms with E-state index in [1.807, 2.05) is 19.2 Å². The molecule has 0 radical (unpaired) electrons. The van der Waals surface area contributed by atoms with Crippen molar-refractivity contribution in [3.63, 3.8) is 0 Å². The molecule has 12 rings (SSSR count). The quantitative estimate of drug-likeness (QED) is 0.134. The van der Waals surface area contributed by atoms with Gasteiger partial charge in [0.15, 0.2) is 0 Å². The minimum absolute atomic E-state index is 0.318. The topological polar surface area (TPSA) is 54.8 Å². The highest BCUT2D eigenvalue weighted by Gasteiger charge is 2.22. The minimum Gasteiger partial charge on any atom is -0.456 e. The molecule has 0 amide bonds. The minimum atomic E-state index is 0.318. The van der Waals surface area contributed by atoms with Crippen LogP contribution in [0.15, 0.2) is 221 Å². The zero-order valence-electron chi connectivity index (χ0n) is 34.6. The second-order valence-electron chi connectivity index (χ2n) is 16.1. The molecule has 5 heteroatoms. The van der Waals surface area contributed by atoms with Gasteiger partial charge in [-0.3, -0.25) is 9.98 Å². The van der Waals surface area contributed by atoms with Gasteiger partial charge in [0.1, 0.15) is 22.8 Å². The van der Waals surface area contributed by atoms with Crippen LogP contribution in [0.1, 0.15) is 16.7 Å². The van der Waals surface area contributed by atoms with E-state index in [0.717, 1.165) is 77.7 Å². The van der Waals surface area contributed by atoms with Crippen molar-refractivity contribution in [3.8, 4) is 16.8 Å². The van der Waals surface area contributed by atoms with Crippen molar-refractivity contribution < 1.29 is 4.42 Å². The number of nitrogens with zero attached hydrogens (tertiary/aromatic N) is 3. The Kier molecular flexibility index (Phi) is 8.71. The largest absolute Gasteiger partial charge is 0.456 e. The smallest absolute Gasteiger partial charge is 0.142 e. The van der Waals surface area contributed by atoms with Crippen LogP contribution in [0.25, 0.3) is 92.9 Å². The van der Waals surface area contributed by atoms with E-state index in [2.05, 4.69) is 204 Å². The van der Waals surface area contributed by atoms with Crippen LogP contribution in [-0.2, 0) is 6.54 Å². The Morgan fingerprint density at radius 2 is 1.13 bits per heavy atom. The maximum absolute atomic E-state index is 6.90. The Morgan fingerprint density at radius 3 is 1.95 bits per heavy atom. The maximum atomic E-state index is 6.90. The molecule has 5 nitrogen and oxygen atoms in total. The third kappa shape index (κ3) is 6.24. The number of nitrogens with one attached hydrogen (secondary N) is 1. The predicted molar refractivity (Wildman–Crippen MR) is 265 cm³/mol. The zero-order chi connectivity index (χ0) is 41.9. The number of hydrogen-bond donors (Lipinski definition) is 1. The monoisotopic (exact) mass is 808 g/mol. The molecule has 10 aromatic carbocycles. The van der Waals surface area contributed by atoms with Crippen LogP contribution >= 0.6 is 0 Å². The summed E-state index contributed by atoms with van der Waals surface area (Å²) in [7, 11) is 1.83. The van der Waals surface area contributed by atoms with Crippen molar-refractivity contribution in [3.05, 3.63) is 223 Å². The first-order valence-electron chi connectivity index (χ1n) is 21.4. The van der Waals surface area contributed by atoms with Crippen LogP contribution < -0.4 is 5.32 Å². The number of aliphatic imine (C=N–C) groups is 2. The van der Waals surface area contributed by atoms with Gasteiger partial charge in [-0.2, -0.15) is 0 Å². The van der Waals surface area contributed by atoms with E-state index in [0.29, 0.717) is 12.4 Å². The highest BCUT2D eigenvalue weighted by Crippen LogP contribution is 2.42. The maximum Gasteiger partial charge on any atom is 0.142 e. The van der Waals surface area contributed by atoms with E-state index < -0.39 is 0 Å². The summed E-state index contributed by atoms with van der Waals surface area (Å²) in [5, 5.41) is 15.4. The van der Waals surface area contributed by atoms with Crippen LogP contribution in [-0.4, -0.2) is 23.3 Å². The Hall–Kier alpha value is -8.28. The summed E-state index contributed by atoms with van der Waals surface area (Å²) < 4.78 is 9.36. The number of para-hydroxylation sites is 1. The van der Waals surface area contributed by atoms with Gasteiger partial charge in [0.2, 0.25) is 0 Å². The van der Waals surface area contributed by atoms with Crippen molar-refractivity contribution in [2.45, 2.75) is 6.54 Å². The van der Waals surface area contributed by atoms with E-state index >= 15 is 0 Å². The van der Waals surface area contributed by atoms with Crippen LogP contribution in [0.3, 0.4) is 0 Å². The van der Waals surface area contributed by atoms with Crippen LogP contribution in [0.5, 0.6) is 0 Å². The molecular weight excluding hydrogens is 769 g/mol. The summed E-state index contributed by atoms with van der Waals surface area (Å²) in [6.45, 7) is 0.318. The third-order valence-electron chi connectivity index (χ3n) is 12.5. The number of rotatable bonds is 6. The number of aromatic nitrogens is 1.